The van der Waals surface area contributed by atoms with Crippen LogP contribution in [0.4, 0.5) is 0 Å². The molecule has 1 aliphatic carbocycles. The van der Waals surface area contributed by atoms with Gasteiger partial charge in [-0.25, -0.2) is 0 Å². The quantitative estimate of drug-likeness (QED) is 0.578. The summed E-state index contributed by atoms with van der Waals surface area (Å²) in [6.45, 7) is 6.45. The van der Waals surface area contributed by atoms with E-state index in [2.05, 4.69) is 28.9 Å². The standard InChI is InChI=1S/C25H29ClN2O3/c1-18(28-15-13-24(16-28)31-23-10-6-21(26)7-11-23)12-14-27-25(29)17-30-22-8-4-20(5-9-22)19-2-3-19/h4-11,19,24H,1-3,12-17H2,(H,27,29). The number of rotatable bonds is 10. The third-order valence-electron chi connectivity index (χ3n) is 5.74. The summed E-state index contributed by atoms with van der Waals surface area (Å²) < 4.78 is 11.6. The molecule has 1 atom stereocenters. The number of ether oxygens (including phenoxy) is 2. The van der Waals surface area contributed by atoms with Crippen LogP contribution in [0.15, 0.2) is 60.8 Å². The zero-order chi connectivity index (χ0) is 21.6. The van der Waals surface area contributed by atoms with E-state index in [1.165, 1.54) is 18.4 Å². The fraction of sp³-hybridized carbons (Fsp3) is 0.400. The predicted molar refractivity (Wildman–Crippen MR) is 123 cm³/mol. The molecule has 0 radical (unpaired) electrons. The average molecular weight is 441 g/mol. The van der Waals surface area contributed by atoms with Crippen LogP contribution < -0.4 is 14.8 Å². The van der Waals surface area contributed by atoms with Gasteiger partial charge in [0.2, 0.25) is 0 Å². The minimum absolute atomic E-state index is 0.0238. The number of carbonyl (C=O) groups is 1. The van der Waals surface area contributed by atoms with E-state index >= 15 is 0 Å². The Balaban J connectivity index is 1.11. The van der Waals surface area contributed by atoms with Gasteiger partial charge in [0, 0.05) is 36.7 Å². The first-order valence-corrected chi connectivity index (χ1v) is 11.3. The van der Waals surface area contributed by atoms with Crippen molar-refractivity contribution in [3.05, 3.63) is 71.4 Å². The Morgan fingerprint density at radius 2 is 1.77 bits per heavy atom. The fourth-order valence-electron chi connectivity index (χ4n) is 3.77. The molecule has 6 heteroatoms. The topological polar surface area (TPSA) is 50.8 Å². The normalized spacial score (nSPS) is 18.0. The van der Waals surface area contributed by atoms with Crippen LogP contribution in [0.1, 0.15) is 37.2 Å². The lowest BCUT2D eigenvalue weighted by Gasteiger charge is -2.21. The Bertz CT molecular complexity index is 894. The maximum absolute atomic E-state index is 12.1. The van der Waals surface area contributed by atoms with Crippen LogP contribution in [0, 0.1) is 0 Å². The Kier molecular flexibility index (Phi) is 7.03. The minimum Gasteiger partial charge on any atom is -0.489 e. The Morgan fingerprint density at radius 1 is 1.06 bits per heavy atom. The lowest BCUT2D eigenvalue weighted by molar-refractivity contribution is -0.123. The molecule has 1 saturated heterocycles. The fourth-order valence-corrected chi connectivity index (χ4v) is 3.90. The van der Waals surface area contributed by atoms with E-state index in [1.807, 2.05) is 36.4 Å². The molecule has 1 N–H and O–H groups in total. The zero-order valence-corrected chi connectivity index (χ0v) is 18.4. The summed E-state index contributed by atoms with van der Waals surface area (Å²) in [6.07, 6.45) is 4.34. The molecule has 0 bridgehead atoms. The van der Waals surface area contributed by atoms with E-state index in [4.69, 9.17) is 21.1 Å². The van der Waals surface area contributed by atoms with Crippen molar-refractivity contribution in [3.63, 3.8) is 0 Å². The van der Waals surface area contributed by atoms with E-state index in [1.54, 1.807) is 0 Å². The maximum atomic E-state index is 12.1. The number of carbonyl (C=O) groups excluding carboxylic acids is 1. The largest absolute Gasteiger partial charge is 0.489 e. The SMILES string of the molecule is C=C(CCNC(=O)COc1ccc(C2CC2)cc1)N1CCC(Oc2ccc(Cl)cc2)C1. The summed E-state index contributed by atoms with van der Waals surface area (Å²) in [5.74, 6) is 2.16. The number of nitrogens with one attached hydrogen (secondary N) is 1. The van der Waals surface area contributed by atoms with Gasteiger partial charge in [-0.3, -0.25) is 4.79 Å². The van der Waals surface area contributed by atoms with Gasteiger partial charge in [-0.1, -0.05) is 30.3 Å². The third kappa shape index (κ3) is 6.41. The van der Waals surface area contributed by atoms with E-state index in [0.717, 1.165) is 42.6 Å². The molecule has 1 saturated carbocycles. The van der Waals surface area contributed by atoms with Gasteiger partial charge in [-0.2, -0.15) is 0 Å². The molecular weight excluding hydrogens is 412 g/mol. The van der Waals surface area contributed by atoms with Gasteiger partial charge in [0.25, 0.3) is 5.91 Å². The third-order valence-corrected chi connectivity index (χ3v) is 6.00. The predicted octanol–water partition coefficient (Wildman–Crippen LogP) is 4.77. The smallest absolute Gasteiger partial charge is 0.257 e. The highest BCUT2D eigenvalue weighted by molar-refractivity contribution is 6.30. The molecule has 2 fully saturated rings. The number of halogens is 1. The number of nitrogens with zero attached hydrogens (tertiary/aromatic N) is 1. The van der Waals surface area contributed by atoms with Crippen molar-refractivity contribution >= 4 is 17.5 Å². The Labute approximate surface area is 189 Å². The number of amides is 1. The number of benzene rings is 2. The Morgan fingerprint density at radius 3 is 2.48 bits per heavy atom. The molecule has 1 aliphatic heterocycles. The van der Waals surface area contributed by atoms with E-state index in [9.17, 15) is 4.79 Å². The van der Waals surface area contributed by atoms with Gasteiger partial charge in [-0.15, -0.1) is 0 Å². The molecule has 2 aliphatic rings. The second kappa shape index (κ2) is 10.1. The molecule has 2 aromatic carbocycles. The first-order valence-electron chi connectivity index (χ1n) is 10.9. The van der Waals surface area contributed by atoms with Crippen molar-refractivity contribution in [1.82, 2.24) is 10.2 Å². The summed E-state index contributed by atoms with van der Waals surface area (Å²) in [6, 6.07) is 15.5. The van der Waals surface area contributed by atoms with Crippen molar-refractivity contribution in [2.75, 3.05) is 26.2 Å². The van der Waals surface area contributed by atoms with Crippen LogP contribution in [0.25, 0.3) is 0 Å². The van der Waals surface area contributed by atoms with Crippen LogP contribution >= 0.6 is 11.6 Å². The van der Waals surface area contributed by atoms with Gasteiger partial charge in [0.05, 0.1) is 6.54 Å². The highest BCUT2D eigenvalue weighted by Crippen LogP contribution is 2.40. The molecule has 5 nitrogen and oxygen atoms in total. The van der Waals surface area contributed by atoms with Crippen molar-refractivity contribution < 1.29 is 14.3 Å². The maximum Gasteiger partial charge on any atom is 0.257 e. The van der Waals surface area contributed by atoms with Crippen molar-refractivity contribution in [2.45, 2.75) is 37.7 Å². The van der Waals surface area contributed by atoms with Gasteiger partial charge < -0.3 is 19.7 Å². The minimum atomic E-state index is -0.121. The molecular formula is C25H29ClN2O3. The van der Waals surface area contributed by atoms with Crippen LogP contribution in [-0.2, 0) is 4.79 Å². The summed E-state index contributed by atoms with van der Waals surface area (Å²) in [5, 5.41) is 3.61. The van der Waals surface area contributed by atoms with Crippen molar-refractivity contribution in [3.8, 4) is 11.5 Å². The second-order valence-electron chi connectivity index (χ2n) is 8.23. The van der Waals surface area contributed by atoms with Gasteiger partial charge >= 0.3 is 0 Å². The van der Waals surface area contributed by atoms with Gasteiger partial charge in [-0.05, 0) is 60.7 Å². The molecule has 2 aromatic rings. The Hall–Kier alpha value is -2.66. The summed E-state index contributed by atoms with van der Waals surface area (Å²) in [4.78, 5) is 14.3. The van der Waals surface area contributed by atoms with Crippen LogP contribution in [-0.4, -0.2) is 43.2 Å². The van der Waals surface area contributed by atoms with E-state index in [0.29, 0.717) is 18.0 Å². The number of likely N-dealkylation sites (tertiary alicyclic amines) is 1. The summed E-state index contributed by atoms with van der Waals surface area (Å²) in [5.41, 5.74) is 2.37. The van der Waals surface area contributed by atoms with Crippen molar-refractivity contribution in [1.29, 1.82) is 0 Å². The van der Waals surface area contributed by atoms with Crippen LogP contribution in [0.2, 0.25) is 5.02 Å². The number of hydrogen-bond donors (Lipinski definition) is 1. The molecule has 0 aromatic heterocycles. The molecule has 164 valence electrons. The first-order chi connectivity index (χ1) is 15.1. The monoisotopic (exact) mass is 440 g/mol. The second-order valence-corrected chi connectivity index (χ2v) is 8.66. The molecule has 1 heterocycles. The van der Waals surface area contributed by atoms with Crippen LogP contribution in [0.3, 0.4) is 0 Å². The molecule has 4 rings (SSSR count). The summed E-state index contributed by atoms with van der Waals surface area (Å²) in [7, 11) is 0. The lowest BCUT2D eigenvalue weighted by Crippen LogP contribution is -2.31. The molecule has 0 spiro atoms. The van der Waals surface area contributed by atoms with Crippen molar-refractivity contribution in [2.24, 2.45) is 0 Å². The number of hydrogen-bond acceptors (Lipinski definition) is 4. The zero-order valence-electron chi connectivity index (χ0n) is 17.7. The molecule has 1 amide bonds. The highest BCUT2D eigenvalue weighted by Gasteiger charge is 2.25. The lowest BCUT2D eigenvalue weighted by atomic mass is 10.1. The first kappa shape index (κ1) is 21.6. The van der Waals surface area contributed by atoms with E-state index in [-0.39, 0.29) is 18.6 Å². The molecule has 31 heavy (non-hydrogen) atoms. The van der Waals surface area contributed by atoms with E-state index < -0.39 is 0 Å². The average Bonchev–Trinajstić information content (AvgIpc) is 3.52. The molecule has 1 unspecified atom stereocenters. The highest BCUT2D eigenvalue weighted by atomic mass is 35.5. The van der Waals surface area contributed by atoms with Crippen LogP contribution in [0.5, 0.6) is 11.5 Å². The summed E-state index contributed by atoms with van der Waals surface area (Å²) >= 11 is 5.92. The van der Waals surface area contributed by atoms with Gasteiger partial charge in [0.15, 0.2) is 6.61 Å². The van der Waals surface area contributed by atoms with Gasteiger partial charge in [0.1, 0.15) is 17.6 Å².